The molecule has 0 radical (unpaired) electrons. The van der Waals surface area contributed by atoms with Crippen molar-refractivity contribution >= 4 is 17.2 Å². The van der Waals surface area contributed by atoms with Crippen LogP contribution in [0.15, 0.2) is 23.6 Å². The van der Waals surface area contributed by atoms with Crippen LogP contribution in [0.3, 0.4) is 0 Å². The molecule has 5 heteroatoms. The molecule has 0 bridgehead atoms. The van der Waals surface area contributed by atoms with E-state index in [9.17, 15) is 4.79 Å². The fraction of sp³-hybridized carbons (Fsp3) is 0.467. The van der Waals surface area contributed by atoms with Gasteiger partial charge < -0.3 is 4.90 Å². The van der Waals surface area contributed by atoms with Gasteiger partial charge in [0.15, 0.2) is 0 Å². The number of thiophene rings is 1. The van der Waals surface area contributed by atoms with Crippen molar-refractivity contribution in [3.63, 3.8) is 0 Å². The molecule has 0 aliphatic carbocycles. The van der Waals surface area contributed by atoms with Gasteiger partial charge in [-0.2, -0.15) is 5.10 Å². The first-order chi connectivity index (χ1) is 9.65. The summed E-state index contributed by atoms with van der Waals surface area (Å²) < 4.78 is 1.70. The van der Waals surface area contributed by atoms with Gasteiger partial charge in [0.25, 0.3) is 5.91 Å². The van der Waals surface area contributed by atoms with E-state index in [1.54, 1.807) is 16.0 Å². The predicted molar refractivity (Wildman–Crippen MR) is 80.8 cm³/mol. The number of carbonyl (C=O) groups is 1. The summed E-state index contributed by atoms with van der Waals surface area (Å²) in [5.74, 6) is 0.835. The van der Waals surface area contributed by atoms with E-state index in [1.807, 2.05) is 35.5 Å². The number of aromatic nitrogens is 2. The van der Waals surface area contributed by atoms with Crippen LogP contribution in [-0.4, -0.2) is 33.7 Å². The molecule has 3 heterocycles. The third kappa shape index (κ3) is 2.50. The molecule has 1 amide bonds. The molecule has 1 fully saturated rings. The monoisotopic (exact) mass is 289 g/mol. The molecule has 20 heavy (non-hydrogen) atoms. The van der Waals surface area contributed by atoms with Crippen molar-refractivity contribution in [3.8, 4) is 10.6 Å². The Morgan fingerprint density at radius 1 is 1.40 bits per heavy atom. The Balaban J connectivity index is 1.81. The third-order valence-electron chi connectivity index (χ3n) is 3.94. The zero-order valence-corrected chi connectivity index (χ0v) is 12.7. The van der Waals surface area contributed by atoms with Crippen LogP contribution in [0.1, 0.15) is 30.3 Å². The maximum absolute atomic E-state index is 12.6. The normalized spacial score (nSPS) is 16.6. The molecular weight excluding hydrogens is 270 g/mol. The van der Waals surface area contributed by atoms with Crippen LogP contribution in [0.25, 0.3) is 10.6 Å². The summed E-state index contributed by atoms with van der Waals surface area (Å²) in [6, 6.07) is 5.94. The molecule has 0 saturated carbocycles. The summed E-state index contributed by atoms with van der Waals surface area (Å²) in [7, 11) is 1.84. The molecule has 4 nitrogen and oxygen atoms in total. The van der Waals surface area contributed by atoms with Crippen molar-refractivity contribution in [1.29, 1.82) is 0 Å². The topological polar surface area (TPSA) is 38.1 Å². The molecule has 1 saturated heterocycles. The Morgan fingerprint density at radius 2 is 2.15 bits per heavy atom. The SMILES string of the molecule is CC1CCN(C(=O)c2cc(-c3cccs3)nn2C)CC1. The first-order valence-corrected chi connectivity index (χ1v) is 7.90. The number of aryl methyl sites for hydroxylation is 1. The Hall–Kier alpha value is -1.62. The van der Waals surface area contributed by atoms with Gasteiger partial charge in [-0.15, -0.1) is 11.3 Å². The number of hydrogen-bond donors (Lipinski definition) is 0. The minimum atomic E-state index is 0.106. The summed E-state index contributed by atoms with van der Waals surface area (Å²) in [6.45, 7) is 3.97. The molecule has 2 aromatic heterocycles. The van der Waals surface area contributed by atoms with Gasteiger partial charge in [-0.25, -0.2) is 0 Å². The molecule has 106 valence electrons. The molecule has 1 aliphatic heterocycles. The van der Waals surface area contributed by atoms with E-state index in [4.69, 9.17) is 0 Å². The molecular formula is C15H19N3OS. The van der Waals surface area contributed by atoms with Gasteiger partial charge in [0.1, 0.15) is 11.4 Å². The number of hydrogen-bond acceptors (Lipinski definition) is 3. The minimum Gasteiger partial charge on any atom is -0.337 e. The van der Waals surface area contributed by atoms with Crippen LogP contribution < -0.4 is 0 Å². The van der Waals surface area contributed by atoms with Crippen LogP contribution in [0.5, 0.6) is 0 Å². The molecule has 3 rings (SSSR count). The zero-order valence-electron chi connectivity index (χ0n) is 11.9. The van der Waals surface area contributed by atoms with Gasteiger partial charge in [0, 0.05) is 20.1 Å². The lowest BCUT2D eigenvalue weighted by Gasteiger charge is -2.30. The molecule has 1 aliphatic rings. The fourth-order valence-electron chi connectivity index (χ4n) is 2.59. The second kappa shape index (κ2) is 5.40. The van der Waals surface area contributed by atoms with Crippen molar-refractivity contribution < 1.29 is 4.79 Å². The summed E-state index contributed by atoms with van der Waals surface area (Å²) in [4.78, 5) is 15.6. The summed E-state index contributed by atoms with van der Waals surface area (Å²) in [5.41, 5.74) is 1.57. The average molecular weight is 289 g/mol. The second-order valence-electron chi connectivity index (χ2n) is 5.49. The maximum atomic E-state index is 12.6. The number of carbonyl (C=O) groups excluding carboxylic acids is 1. The lowest BCUT2D eigenvalue weighted by molar-refractivity contribution is 0.0686. The van der Waals surface area contributed by atoms with Crippen LogP contribution in [0, 0.1) is 5.92 Å². The van der Waals surface area contributed by atoms with Crippen molar-refractivity contribution in [2.75, 3.05) is 13.1 Å². The Kier molecular flexibility index (Phi) is 3.61. The summed E-state index contributed by atoms with van der Waals surface area (Å²) in [5, 5.41) is 6.49. The van der Waals surface area contributed by atoms with Crippen LogP contribution in [0.4, 0.5) is 0 Å². The third-order valence-corrected chi connectivity index (χ3v) is 4.84. The van der Waals surface area contributed by atoms with E-state index >= 15 is 0 Å². The Morgan fingerprint density at radius 3 is 2.80 bits per heavy atom. The van der Waals surface area contributed by atoms with Gasteiger partial charge in [-0.1, -0.05) is 13.0 Å². The highest BCUT2D eigenvalue weighted by atomic mass is 32.1. The predicted octanol–water partition coefficient (Wildman–Crippen LogP) is 3.02. The largest absolute Gasteiger partial charge is 0.337 e. The number of rotatable bonds is 2. The lowest BCUT2D eigenvalue weighted by atomic mass is 9.99. The molecule has 0 unspecified atom stereocenters. The Bertz CT molecular complexity index is 595. The Labute approximate surface area is 123 Å². The highest BCUT2D eigenvalue weighted by Gasteiger charge is 2.24. The summed E-state index contributed by atoms with van der Waals surface area (Å²) in [6.07, 6.45) is 2.20. The molecule has 0 spiro atoms. The van der Waals surface area contributed by atoms with Gasteiger partial charge in [-0.05, 0) is 36.3 Å². The van der Waals surface area contributed by atoms with Gasteiger partial charge in [-0.3, -0.25) is 9.48 Å². The maximum Gasteiger partial charge on any atom is 0.272 e. The van der Waals surface area contributed by atoms with Crippen LogP contribution >= 0.6 is 11.3 Å². The van der Waals surface area contributed by atoms with Crippen LogP contribution in [-0.2, 0) is 7.05 Å². The molecule has 0 aromatic carbocycles. The van der Waals surface area contributed by atoms with E-state index in [0.29, 0.717) is 5.69 Å². The highest BCUT2D eigenvalue weighted by Crippen LogP contribution is 2.25. The summed E-state index contributed by atoms with van der Waals surface area (Å²) >= 11 is 1.64. The van der Waals surface area contributed by atoms with E-state index < -0.39 is 0 Å². The van der Waals surface area contributed by atoms with Gasteiger partial charge >= 0.3 is 0 Å². The van der Waals surface area contributed by atoms with Crippen molar-refractivity contribution in [3.05, 3.63) is 29.3 Å². The first kappa shape index (κ1) is 13.4. The van der Waals surface area contributed by atoms with Crippen molar-refractivity contribution in [1.82, 2.24) is 14.7 Å². The van der Waals surface area contributed by atoms with E-state index in [1.165, 1.54) is 0 Å². The lowest BCUT2D eigenvalue weighted by Crippen LogP contribution is -2.38. The number of piperidine rings is 1. The van der Waals surface area contributed by atoms with E-state index in [-0.39, 0.29) is 5.91 Å². The molecule has 2 aromatic rings. The van der Waals surface area contributed by atoms with E-state index in [2.05, 4.69) is 12.0 Å². The number of amides is 1. The van der Waals surface area contributed by atoms with Gasteiger partial charge in [0.05, 0.1) is 4.88 Å². The fourth-order valence-corrected chi connectivity index (χ4v) is 3.27. The number of likely N-dealkylation sites (tertiary alicyclic amines) is 1. The minimum absolute atomic E-state index is 0.106. The smallest absolute Gasteiger partial charge is 0.272 e. The standard InChI is InChI=1S/C15H19N3OS/c1-11-5-7-18(8-6-11)15(19)13-10-12(16-17(13)2)14-4-3-9-20-14/h3-4,9-11H,5-8H2,1-2H3. The highest BCUT2D eigenvalue weighted by molar-refractivity contribution is 7.13. The van der Waals surface area contributed by atoms with Gasteiger partial charge in [0.2, 0.25) is 0 Å². The number of nitrogens with zero attached hydrogens (tertiary/aromatic N) is 3. The first-order valence-electron chi connectivity index (χ1n) is 7.02. The van der Waals surface area contributed by atoms with E-state index in [0.717, 1.165) is 42.4 Å². The second-order valence-corrected chi connectivity index (χ2v) is 6.44. The quantitative estimate of drug-likeness (QED) is 0.852. The molecule has 0 atom stereocenters. The zero-order chi connectivity index (χ0) is 14.1. The van der Waals surface area contributed by atoms with Crippen molar-refractivity contribution in [2.24, 2.45) is 13.0 Å². The molecule has 0 N–H and O–H groups in total. The van der Waals surface area contributed by atoms with Crippen molar-refractivity contribution in [2.45, 2.75) is 19.8 Å². The van der Waals surface area contributed by atoms with Crippen LogP contribution in [0.2, 0.25) is 0 Å². The average Bonchev–Trinajstić information content (AvgIpc) is 3.08.